The predicted molar refractivity (Wildman–Crippen MR) is 63.8 cm³/mol. The van der Waals surface area contributed by atoms with Crippen LogP contribution in [0.4, 0.5) is 5.69 Å². The van der Waals surface area contributed by atoms with Crippen molar-refractivity contribution in [2.45, 2.75) is 6.42 Å². The molecule has 1 amide bonds. The lowest BCUT2D eigenvalue weighted by Crippen LogP contribution is -2.26. The predicted octanol–water partition coefficient (Wildman–Crippen LogP) is 0.972. The van der Waals surface area contributed by atoms with Crippen LogP contribution in [0.5, 0.6) is 0 Å². The number of hydrogen-bond donors (Lipinski definition) is 1. The summed E-state index contributed by atoms with van der Waals surface area (Å²) in [5.74, 6) is -2.53. The minimum absolute atomic E-state index is 0.0359. The van der Waals surface area contributed by atoms with Crippen LogP contribution in [-0.4, -0.2) is 36.6 Å². The molecular formula is C11H11NO5S. The number of aliphatic carboxylic acids is 1. The van der Waals surface area contributed by atoms with Gasteiger partial charge in [0.1, 0.15) is 4.88 Å². The Morgan fingerprint density at radius 2 is 2.28 bits per heavy atom. The van der Waals surface area contributed by atoms with Gasteiger partial charge in [-0.1, -0.05) is 0 Å². The molecule has 1 N–H and O–H groups in total. The van der Waals surface area contributed by atoms with E-state index in [-0.39, 0.29) is 18.9 Å². The zero-order valence-electron chi connectivity index (χ0n) is 9.58. The molecular weight excluding hydrogens is 258 g/mol. The third-order valence-electron chi connectivity index (χ3n) is 2.78. The van der Waals surface area contributed by atoms with Crippen LogP contribution in [-0.2, 0) is 14.3 Å². The van der Waals surface area contributed by atoms with Gasteiger partial charge in [-0.3, -0.25) is 9.59 Å². The van der Waals surface area contributed by atoms with Gasteiger partial charge >= 0.3 is 11.9 Å². The summed E-state index contributed by atoms with van der Waals surface area (Å²) >= 11 is 1.16. The van der Waals surface area contributed by atoms with Gasteiger partial charge in [-0.2, -0.15) is 0 Å². The number of anilines is 1. The number of carbonyl (C=O) groups excluding carboxylic acids is 2. The molecule has 0 saturated carbocycles. The van der Waals surface area contributed by atoms with Crippen molar-refractivity contribution in [2.75, 3.05) is 18.6 Å². The standard InChI is InChI=1S/C11H11NO5S/c1-17-11(16)9-7(2-3-18-9)12-5-6(10(14)15)4-8(12)13/h2-3,6H,4-5H2,1H3,(H,14,15). The van der Waals surface area contributed by atoms with E-state index in [1.165, 1.54) is 12.0 Å². The van der Waals surface area contributed by atoms with Gasteiger partial charge in [-0.25, -0.2) is 4.79 Å². The average molecular weight is 269 g/mol. The molecule has 1 atom stereocenters. The van der Waals surface area contributed by atoms with E-state index < -0.39 is 17.9 Å². The summed E-state index contributed by atoms with van der Waals surface area (Å²) in [6.45, 7) is 0.0922. The lowest BCUT2D eigenvalue weighted by Gasteiger charge is -2.15. The van der Waals surface area contributed by atoms with E-state index in [1.54, 1.807) is 11.4 Å². The van der Waals surface area contributed by atoms with Crippen LogP contribution < -0.4 is 4.90 Å². The molecule has 6 nitrogen and oxygen atoms in total. The maximum Gasteiger partial charge on any atom is 0.350 e. The van der Waals surface area contributed by atoms with Crippen molar-refractivity contribution in [1.82, 2.24) is 0 Å². The number of amides is 1. The number of carboxylic acids is 1. The quantitative estimate of drug-likeness (QED) is 0.827. The van der Waals surface area contributed by atoms with Crippen molar-refractivity contribution in [2.24, 2.45) is 5.92 Å². The van der Waals surface area contributed by atoms with Crippen molar-refractivity contribution in [1.29, 1.82) is 0 Å². The van der Waals surface area contributed by atoms with Crippen LogP contribution in [0, 0.1) is 5.92 Å². The second kappa shape index (κ2) is 4.77. The highest BCUT2D eigenvalue weighted by atomic mass is 32.1. The molecule has 1 aliphatic heterocycles. The highest BCUT2D eigenvalue weighted by molar-refractivity contribution is 7.12. The maximum atomic E-state index is 11.8. The fraction of sp³-hybridized carbons (Fsp3) is 0.364. The Balaban J connectivity index is 2.28. The first-order valence-corrected chi connectivity index (χ1v) is 6.11. The van der Waals surface area contributed by atoms with E-state index in [4.69, 9.17) is 5.11 Å². The van der Waals surface area contributed by atoms with Gasteiger partial charge in [-0.15, -0.1) is 11.3 Å². The summed E-state index contributed by atoms with van der Waals surface area (Å²) < 4.78 is 4.62. The first kappa shape index (κ1) is 12.6. The Hall–Kier alpha value is -1.89. The van der Waals surface area contributed by atoms with Crippen LogP contribution in [0.25, 0.3) is 0 Å². The van der Waals surface area contributed by atoms with Crippen LogP contribution in [0.15, 0.2) is 11.4 Å². The summed E-state index contributed by atoms with van der Waals surface area (Å²) in [4.78, 5) is 35.8. The lowest BCUT2D eigenvalue weighted by molar-refractivity contribution is -0.141. The van der Waals surface area contributed by atoms with Crippen molar-refractivity contribution in [3.63, 3.8) is 0 Å². The monoisotopic (exact) mass is 269 g/mol. The number of ether oxygens (including phenoxy) is 1. The minimum atomic E-state index is -0.999. The van der Waals surface area contributed by atoms with Gasteiger partial charge in [0.05, 0.1) is 18.7 Å². The van der Waals surface area contributed by atoms with Gasteiger partial charge in [0.2, 0.25) is 5.91 Å². The number of carboxylic acid groups (broad SMARTS) is 1. The average Bonchev–Trinajstić information content (AvgIpc) is 2.93. The molecule has 1 fully saturated rings. The smallest absolute Gasteiger partial charge is 0.350 e. The van der Waals surface area contributed by atoms with E-state index in [1.807, 2.05) is 0 Å². The van der Waals surface area contributed by atoms with E-state index >= 15 is 0 Å². The molecule has 1 aromatic heterocycles. The van der Waals surface area contributed by atoms with Crippen LogP contribution >= 0.6 is 11.3 Å². The summed E-state index contributed by atoms with van der Waals surface area (Å²) in [6.07, 6.45) is -0.0359. The maximum absolute atomic E-state index is 11.8. The van der Waals surface area contributed by atoms with E-state index in [9.17, 15) is 14.4 Å². The molecule has 0 bridgehead atoms. The molecule has 2 rings (SSSR count). The molecule has 1 aliphatic rings. The molecule has 18 heavy (non-hydrogen) atoms. The summed E-state index contributed by atoms with van der Waals surface area (Å²) in [5.41, 5.74) is 0.431. The fourth-order valence-electron chi connectivity index (χ4n) is 1.87. The molecule has 1 saturated heterocycles. The number of nitrogens with zero attached hydrogens (tertiary/aromatic N) is 1. The molecule has 0 spiro atoms. The Morgan fingerprint density at radius 1 is 1.56 bits per heavy atom. The number of rotatable bonds is 3. The minimum Gasteiger partial charge on any atom is -0.481 e. The topological polar surface area (TPSA) is 83.9 Å². The highest BCUT2D eigenvalue weighted by Gasteiger charge is 2.37. The molecule has 2 heterocycles. The summed E-state index contributed by atoms with van der Waals surface area (Å²) in [5, 5.41) is 10.6. The van der Waals surface area contributed by atoms with Gasteiger partial charge in [0.25, 0.3) is 0 Å². The largest absolute Gasteiger partial charge is 0.481 e. The molecule has 0 aromatic carbocycles. The first-order chi connectivity index (χ1) is 8.54. The number of hydrogen-bond acceptors (Lipinski definition) is 5. The Kier molecular flexibility index (Phi) is 3.33. The fourth-order valence-corrected chi connectivity index (χ4v) is 2.68. The molecule has 96 valence electrons. The van der Waals surface area contributed by atoms with Gasteiger partial charge in [0.15, 0.2) is 0 Å². The Morgan fingerprint density at radius 3 is 2.83 bits per heavy atom. The summed E-state index contributed by atoms with van der Waals surface area (Å²) in [6, 6.07) is 1.62. The van der Waals surface area contributed by atoms with E-state index in [0.717, 1.165) is 11.3 Å². The van der Waals surface area contributed by atoms with Crippen LogP contribution in [0.2, 0.25) is 0 Å². The zero-order valence-corrected chi connectivity index (χ0v) is 10.4. The Bertz CT molecular complexity index is 509. The normalized spacial score (nSPS) is 19.1. The van der Waals surface area contributed by atoms with E-state index in [0.29, 0.717) is 10.6 Å². The van der Waals surface area contributed by atoms with E-state index in [2.05, 4.69) is 4.74 Å². The van der Waals surface area contributed by atoms with Crippen molar-refractivity contribution in [3.05, 3.63) is 16.3 Å². The molecule has 1 aromatic rings. The van der Waals surface area contributed by atoms with Crippen molar-refractivity contribution >= 4 is 34.9 Å². The van der Waals surface area contributed by atoms with Crippen LogP contribution in [0.1, 0.15) is 16.1 Å². The third-order valence-corrected chi connectivity index (χ3v) is 3.66. The van der Waals surface area contributed by atoms with Gasteiger partial charge in [-0.05, 0) is 11.4 Å². The van der Waals surface area contributed by atoms with Gasteiger partial charge < -0.3 is 14.7 Å². The lowest BCUT2D eigenvalue weighted by atomic mass is 10.1. The molecule has 7 heteroatoms. The van der Waals surface area contributed by atoms with Gasteiger partial charge in [0, 0.05) is 13.0 Å². The second-order valence-corrected chi connectivity index (χ2v) is 4.79. The SMILES string of the molecule is COC(=O)c1sccc1N1CC(C(=O)O)CC1=O. The van der Waals surface area contributed by atoms with Crippen LogP contribution in [0.3, 0.4) is 0 Å². The number of methoxy groups -OCH3 is 1. The molecule has 0 radical (unpaired) electrons. The first-order valence-electron chi connectivity index (χ1n) is 5.23. The number of thiophene rings is 1. The highest BCUT2D eigenvalue weighted by Crippen LogP contribution is 2.32. The number of carbonyl (C=O) groups is 3. The Labute approximate surface area is 107 Å². The number of esters is 1. The molecule has 1 unspecified atom stereocenters. The zero-order chi connectivity index (χ0) is 13.3. The van der Waals surface area contributed by atoms with Crippen molar-refractivity contribution < 1.29 is 24.2 Å². The third kappa shape index (κ3) is 2.08. The second-order valence-electron chi connectivity index (χ2n) is 3.87. The van der Waals surface area contributed by atoms with Crippen molar-refractivity contribution in [3.8, 4) is 0 Å². The molecule has 0 aliphatic carbocycles. The summed E-state index contributed by atoms with van der Waals surface area (Å²) in [7, 11) is 1.26.